The van der Waals surface area contributed by atoms with Crippen molar-refractivity contribution in [1.82, 2.24) is 0 Å². The number of hydrogen-bond acceptors (Lipinski definition) is 0. The minimum atomic E-state index is 0.00210. The zero-order valence-corrected chi connectivity index (χ0v) is 7.54. The maximum atomic E-state index is 5.61. The summed E-state index contributed by atoms with van der Waals surface area (Å²) in [6, 6.07) is 0. The molecular formula is C4H6Cl2I. The van der Waals surface area contributed by atoms with Crippen LogP contribution in [0, 0.1) is 5.88 Å². The normalized spacial score (nSPS) is 18.9. The van der Waals surface area contributed by atoms with Gasteiger partial charge >= 0.3 is 0 Å². The van der Waals surface area contributed by atoms with Crippen molar-refractivity contribution in [3.63, 3.8) is 0 Å². The molecule has 0 amide bonds. The Morgan fingerprint density at radius 3 is 2.14 bits per heavy atom. The third-order valence-electron chi connectivity index (χ3n) is 0.559. The minimum absolute atomic E-state index is 0.00210. The highest BCUT2D eigenvalue weighted by Crippen LogP contribution is 2.15. The van der Waals surface area contributed by atoms with E-state index in [1.54, 1.807) is 0 Å². The maximum absolute atomic E-state index is 5.61. The Morgan fingerprint density at radius 2 is 2.14 bits per heavy atom. The van der Waals surface area contributed by atoms with Crippen LogP contribution in [0.15, 0.2) is 0 Å². The van der Waals surface area contributed by atoms with Gasteiger partial charge in [-0.1, -0.05) is 29.5 Å². The summed E-state index contributed by atoms with van der Waals surface area (Å²) >= 11 is 13.1. The predicted octanol–water partition coefficient (Wildman–Crippen LogP) is 2.82. The third-order valence-corrected chi connectivity index (χ3v) is 2.66. The molecular weight excluding hydrogens is 246 g/mol. The van der Waals surface area contributed by atoms with E-state index in [1.807, 2.05) is 6.92 Å². The van der Waals surface area contributed by atoms with Crippen molar-refractivity contribution in [3.05, 3.63) is 5.88 Å². The van der Waals surface area contributed by atoms with Gasteiger partial charge in [-0.05, 0) is 0 Å². The first-order chi connectivity index (χ1) is 3.18. The van der Waals surface area contributed by atoms with Crippen LogP contribution in [0.4, 0.5) is 0 Å². The fourth-order valence-corrected chi connectivity index (χ4v) is 0.772. The summed E-state index contributed by atoms with van der Waals surface area (Å²) in [6.07, 6.45) is 0. The number of rotatable bonds is 2. The Balaban J connectivity index is 3.14. The Morgan fingerprint density at radius 1 is 1.71 bits per heavy atom. The second-order valence-electron chi connectivity index (χ2n) is 1.25. The van der Waals surface area contributed by atoms with Crippen LogP contribution in [0.5, 0.6) is 0 Å². The molecule has 1 radical (unpaired) electrons. The van der Waals surface area contributed by atoms with Gasteiger partial charge in [-0.2, -0.15) is 0 Å². The van der Waals surface area contributed by atoms with E-state index < -0.39 is 0 Å². The van der Waals surface area contributed by atoms with Gasteiger partial charge in [0.2, 0.25) is 0 Å². The highest BCUT2D eigenvalue weighted by molar-refractivity contribution is 14.1. The Labute approximate surface area is 67.7 Å². The van der Waals surface area contributed by atoms with Gasteiger partial charge in [0.15, 0.2) is 0 Å². The monoisotopic (exact) mass is 251 g/mol. The maximum Gasteiger partial charge on any atom is 0.0688 e. The van der Waals surface area contributed by atoms with Crippen LogP contribution < -0.4 is 0 Å². The summed E-state index contributed by atoms with van der Waals surface area (Å²) in [6.45, 7) is 2.01. The first-order valence-corrected chi connectivity index (χ1v) is 4.02. The quantitative estimate of drug-likeness (QED) is 0.523. The molecule has 0 N–H and O–H groups in total. The second-order valence-corrected chi connectivity index (χ2v) is 3.97. The van der Waals surface area contributed by atoms with Crippen LogP contribution in [0.25, 0.3) is 0 Å². The molecule has 0 heterocycles. The number of alkyl halides is 2. The first kappa shape index (κ1) is 8.31. The van der Waals surface area contributed by atoms with Crippen molar-refractivity contribution in [1.29, 1.82) is 0 Å². The zero-order chi connectivity index (χ0) is 5.86. The molecule has 0 nitrogen and oxygen atoms in total. The summed E-state index contributed by atoms with van der Waals surface area (Å²) < 4.78 is 0.414. The molecule has 0 aliphatic carbocycles. The molecule has 0 bridgehead atoms. The van der Waals surface area contributed by atoms with Crippen LogP contribution in [-0.2, 0) is 0 Å². The summed E-state index contributed by atoms with van der Waals surface area (Å²) in [5, 5.41) is 0.00210. The summed E-state index contributed by atoms with van der Waals surface area (Å²) in [5.41, 5.74) is 0. The first-order valence-electron chi connectivity index (χ1n) is 1.90. The third kappa shape index (κ3) is 3.86. The van der Waals surface area contributed by atoms with Gasteiger partial charge in [0, 0.05) is 3.92 Å². The van der Waals surface area contributed by atoms with Crippen molar-refractivity contribution in [3.8, 4) is 0 Å². The lowest BCUT2D eigenvalue weighted by Gasteiger charge is -2.04. The van der Waals surface area contributed by atoms with Gasteiger partial charge in [0.25, 0.3) is 0 Å². The molecule has 0 rings (SSSR count). The number of hydrogen-bond donors (Lipinski definition) is 0. The van der Waals surface area contributed by atoms with E-state index in [0.29, 0.717) is 3.92 Å². The highest BCUT2D eigenvalue weighted by Gasteiger charge is 2.07. The lowest BCUT2D eigenvalue weighted by atomic mass is 10.4. The van der Waals surface area contributed by atoms with E-state index in [0.717, 1.165) is 0 Å². The molecule has 0 aliphatic heterocycles. The predicted molar refractivity (Wildman–Crippen MR) is 43.3 cm³/mol. The van der Waals surface area contributed by atoms with Crippen LogP contribution in [-0.4, -0.2) is 9.30 Å². The molecule has 0 fully saturated rings. The molecule has 0 aromatic carbocycles. The van der Waals surface area contributed by atoms with Gasteiger partial charge in [-0.15, -0.1) is 23.2 Å². The largest absolute Gasteiger partial charge is 0.120 e. The lowest BCUT2D eigenvalue weighted by Crippen LogP contribution is -2.06. The molecule has 0 saturated carbocycles. The van der Waals surface area contributed by atoms with E-state index in [4.69, 9.17) is 23.2 Å². The van der Waals surface area contributed by atoms with E-state index in [1.165, 1.54) is 5.88 Å². The molecule has 0 saturated heterocycles. The van der Waals surface area contributed by atoms with E-state index >= 15 is 0 Å². The summed E-state index contributed by atoms with van der Waals surface area (Å²) in [7, 11) is 0. The van der Waals surface area contributed by atoms with Crippen molar-refractivity contribution < 1.29 is 0 Å². The molecule has 2 unspecified atom stereocenters. The molecule has 0 aromatic rings. The second kappa shape index (κ2) is 4.21. The standard InChI is InChI=1S/C4H6Cl2I/c1-3(7)4(6)2-5/h2-4H,1H3. The van der Waals surface area contributed by atoms with Gasteiger partial charge in [-0.3, -0.25) is 0 Å². The number of halogens is 3. The van der Waals surface area contributed by atoms with E-state index in [-0.39, 0.29) is 5.38 Å². The fourth-order valence-electron chi connectivity index (χ4n) is 0.100. The van der Waals surface area contributed by atoms with Gasteiger partial charge in [-0.25, -0.2) is 0 Å². The van der Waals surface area contributed by atoms with Gasteiger partial charge in [0.05, 0.1) is 11.3 Å². The Hall–Kier alpha value is 1.31. The smallest absolute Gasteiger partial charge is 0.0688 e. The average molecular weight is 252 g/mol. The summed E-state index contributed by atoms with van der Waals surface area (Å²) in [4.78, 5) is 0. The van der Waals surface area contributed by atoms with Crippen molar-refractivity contribution in [2.24, 2.45) is 0 Å². The van der Waals surface area contributed by atoms with Gasteiger partial charge in [0.1, 0.15) is 0 Å². The highest BCUT2D eigenvalue weighted by atomic mass is 127. The molecule has 0 aliphatic rings. The van der Waals surface area contributed by atoms with Gasteiger partial charge < -0.3 is 0 Å². The molecule has 2 atom stereocenters. The Kier molecular flexibility index (Phi) is 5.00. The van der Waals surface area contributed by atoms with E-state index in [9.17, 15) is 0 Å². The molecule has 3 heteroatoms. The zero-order valence-electron chi connectivity index (χ0n) is 3.87. The van der Waals surface area contributed by atoms with Crippen molar-refractivity contribution in [2.45, 2.75) is 16.2 Å². The minimum Gasteiger partial charge on any atom is -0.120 e. The average Bonchev–Trinajstić information content (AvgIpc) is 1.65. The molecule has 0 aromatic heterocycles. The molecule has 43 valence electrons. The van der Waals surface area contributed by atoms with Crippen LogP contribution in [0.2, 0.25) is 0 Å². The lowest BCUT2D eigenvalue weighted by molar-refractivity contribution is 1.01. The van der Waals surface area contributed by atoms with Crippen molar-refractivity contribution >= 4 is 45.8 Å². The molecule has 7 heavy (non-hydrogen) atoms. The Bertz CT molecular complexity index is 47.0. The summed E-state index contributed by atoms with van der Waals surface area (Å²) in [5.74, 6) is 1.47. The van der Waals surface area contributed by atoms with Crippen LogP contribution >= 0.6 is 45.8 Å². The SMILES string of the molecule is CC(I)C(Cl)[CH]Cl. The van der Waals surface area contributed by atoms with Crippen LogP contribution in [0.1, 0.15) is 6.92 Å². The van der Waals surface area contributed by atoms with E-state index in [2.05, 4.69) is 22.6 Å². The molecule has 0 spiro atoms. The van der Waals surface area contributed by atoms with Crippen molar-refractivity contribution in [2.75, 3.05) is 0 Å². The topological polar surface area (TPSA) is 0 Å². The van der Waals surface area contributed by atoms with Crippen LogP contribution in [0.3, 0.4) is 0 Å². The fraction of sp³-hybridized carbons (Fsp3) is 0.750.